The van der Waals surface area contributed by atoms with E-state index in [-0.39, 0.29) is 12.8 Å². The molecule has 0 aliphatic heterocycles. The number of rotatable bonds is 7. The predicted molar refractivity (Wildman–Crippen MR) is 120 cm³/mol. The molecule has 0 aliphatic rings. The zero-order valence-corrected chi connectivity index (χ0v) is 19.4. The average molecular weight is 531 g/mol. The van der Waals surface area contributed by atoms with E-state index in [1.807, 2.05) is 0 Å². The van der Waals surface area contributed by atoms with Gasteiger partial charge in [-0.2, -0.15) is 0 Å². The van der Waals surface area contributed by atoms with Crippen LogP contribution >= 0.6 is 39.1 Å². The fraction of sp³-hybridized carbons (Fsp3) is 0.200. The summed E-state index contributed by atoms with van der Waals surface area (Å²) >= 11 is 15.1. The molecule has 2 aromatic rings. The van der Waals surface area contributed by atoms with Gasteiger partial charge in [-0.1, -0.05) is 23.2 Å². The van der Waals surface area contributed by atoms with Crippen molar-refractivity contribution in [2.75, 3.05) is 11.9 Å². The first kappa shape index (κ1) is 24.6. The molecule has 0 spiro atoms. The Bertz CT molecular complexity index is 999. The molecule has 0 saturated carbocycles. The van der Waals surface area contributed by atoms with Crippen LogP contribution in [-0.4, -0.2) is 30.3 Å². The molecule has 0 radical (unpaired) electrons. The Kier molecular flexibility index (Phi) is 9.29. The van der Waals surface area contributed by atoms with Crippen molar-refractivity contribution in [2.45, 2.75) is 19.8 Å². The third-order valence-electron chi connectivity index (χ3n) is 3.96. The van der Waals surface area contributed by atoms with Crippen molar-refractivity contribution < 1.29 is 23.9 Å². The lowest BCUT2D eigenvalue weighted by atomic mass is 10.2. The summed E-state index contributed by atoms with van der Waals surface area (Å²) in [6.07, 6.45) is -0.498. The first-order valence-electron chi connectivity index (χ1n) is 8.92. The first-order valence-corrected chi connectivity index (χ1v) is 10.5. The number of hydrogen-bond acceptors (Lipinski definition) is 5. The third kappa shape index (κ3) is 7.86. The molecule has 2 rings (SSSR count). The molecular formula is C20H18BrCl2N3O5. The topological polar surface area (TPSA) is 114 Å². The van der Waals surface area contributed by atoms with E-state index >= 15 is 0 Å². The highest BCUT2D eigenvalue weighted by atomic mass is 79.9. The Labute approximate surface area is 196 Å². The van der Waals surface area contributed by atoms with Crippen molar-refractivity contribution in [3.05, 3.63) is 62.0 Å². The number of anilines is 1. The molecule has 0 unspecified atom stereocenters. The zero-order chi connectivity index (χ0) is 23.0. The summed E-state index contributed by atoms with van der Waals surface area (Å²) in [6, 6.07) is 9.41. The molecule has 0 bridgehead atoms. The van der Waals surface area contributed by atoms with Gasteiger partial charge in [0.1, 0.15) is 0 Å². The van der Waals surface area contributed by atoms with E-state index in [1.165, 1.54) is 24.3 Å². The quantitative estimate of drug-likeness (QED) is 0.372. The van der Waals surface area contributed by atoms with Gasteiger partial charge in [0.05, 0.1) is 11.4 Å². The van der Waals surface area contributed by atoms with Gasteiger partial charge in [-0.25, -0.2) is 0 Å². The molecule has 0 fully saturated rings. The highest BCUT2D eigenvalue weighted by Crippen LogP contribution is 2.30. The van der Waals surface area contributed by atoms with Crippen LogP contribution in [0.2, 0.25) is 10.0 Å². The van der Waals surface area contributed by atoms with Crippen molar-refractivity contribution in [3.63, 3.8) is 0 Å². The van der Waals surface area contributed by atoms with Gasteiger partial charge in [0, 0.05) is 27.2 Å². The van der Waals surface area contributed by atoms with E-state index in [1.54, 1.807) is 19.1 Å². The van der Waals surface area contributed by atoms with Crippen LogP contribution < -0.4 is 16.2 Å². The minimum absolute atomic E-state index is 0.233. The van der Waals surface area contributed by atoms with E-state index < -0.39 is 30.3 Å². The largest absolute Gasteiger partial charge is 0.456 e. The maximum absolute atomic E-state index is 12.0. The summed E-state index contributed by atoms with van der Waals surface area (Å²) in [5.41, 5.74) is 5.87. The number of halogens is 3. The minimum Gasteiger partial charge on any atom is -0.456 e. The van der Waals surface area contributed by atoms with Crippen LogP contribution in [-0.2, 0) is 19.1 Å². The molecule has 0 heterocycles. The minimum atomic E-state index is -0.736. The third-order valence-corrected chi connectivity index (χ3v) is 5.58. The van der Waals surface area contributed by atoms with Gasteiger partial charge in [-0.05, 0) is 64.8 Å². The lowest BCUT2D eigenvalue weighted by Gasteiger charge is -2.11. The van der Waals surface area contributed by atoms with Crippen LogP contribution in [0.15, 0.2) is 40.9 Å². The predicted octanol–water partition coefficient (Wildman–Crippen LogP) is 3.79. The Balaban J connectivity index is 1.68. The maximum Gasteiger partial charge on any atom is 0.306 e. The molecule has 164 valence electrons. The molecule has 0 aliphatic carbocycles. The number of esters is 1. The number of amides is 3. The van der Waals surface area contributed by atoms with Crippen LogP contribution in [0.5, 0.6) is 0 Å². The first-order chi connectivity index (χ1) is 14.7. The molecule has 0 aromatic heterocycles. The second-order valence-electron chi connectivity index (χ2n) is 6.25. The van der Waals surface area contributed by atoms with E-state index in [4.69, 9.17) is 27.9 Å². The highest BCUT2D eigenvalue weighted by Gasteiger charge is 2.13. The van der Waals surface area contributed by atoms with Gasteiger partial charge in [0.25, 0.3) is 11.8 Å². The average Bonchev–Trinajstić information content (AvgIpc) is 2.75. The lowest BCUT2D eigenvalue weighted by molar-refractivity contribution is -0.148. The van der Waals surface area contributed by atoms with Crippen molar-refractivity contribution in [1.82, 2.24) is 10.9 Å². The monoisotopic (exact) mass is 529 g/mol. The molecule has 3 amide bonds. The second kappa shape index (κ2) is 11.7. The smallest absolute Gasteiger partial charge is 0.306 e. The van der Waals surface area contributed by atoms with Crippen molar-refractivity contribution in [3.8, 4) is 0 Å². The molecule has 3 N–H and O–H groups in total. The number of carbonyl (C=O) groups is 4. The van der Waals surface area contributed by atoms with Gasteiger partial charge in [0.2, 0.25) is 5.91 Å². The van der Waals surface area contributed by atoms with E-state index in [0.29, 0.717) is 31.3 Å². The number of hydrazine groups is 1. The molecule has 31 heavy (non-hydrogen) atoms. The van der Waals surface area contributed by atoms with Crippen LogP contribution in [0.4, 0.5) is 5.69 Å². The molecule has 2 aromatic carbocycles. The summed E-state index contributed by atoms with van der Waals surface area (Å²) in [7, 11) is 0. The van der Waals surface area contributed by atoms with Gasteiger partial charge >= 0.3 is 5.97 Å². The molecule has 0 atom stereocenters. The van der Waals surface area contributed by atoms with E-state index in [9.17, 15) is 19.2 Å². The summed E-state index contributed by atoms with van der Waals surface area (Å²) in [6.45, 7) is 1.22. The summed E-state index contributed by atoms with van der Waals surface area (Å²) in [5, 5.41) is 3.53. The Morgan fingerprint density at radius 3 is 2.29 bits per heavy atom. The van der Waals surface area contributed by atoms with Gasteiger partial charge in [-0.3, -0.25) is 30.0 Å². The second-order valence-corrected chi connectivity index (χ2v) is 7.92. The van der Waals surface area contributed by atoms with Gasteiger partial charge < -0.3 is 10.1 Å². The Hall–Kier alpha value is -2.62. The van der Waals surface area contributed by atoms with Crippen molar-refractivity contribution in [2.24, 2.45) is 0 Å². The molecule has 11 heteroatoms. The van der Waals surface area contributed by atoms with E-state index in [0.717, 1.165) is 0 Å². The number of carbonyl (C=O) groups excluding carboxylic acids is 4. The number of ether oxygens (including phenoxy) is 1. The van der Waals surface area contributed by atoms with Crippen LogP contribution in [0.25, 0.3) is 0 Å². The number of benzene rings is 2. The van der Waals surface area contributed by atoms with Crippen molar-refractivity contribution in [1.29, 1.82) is 0 Å². The Morgan fingerprint density at radius 2 is 1.61 bits per heavy atom. The SMILES string of the molecule is Cc1c(NC(=O)COC(=O)CCC(=O)NNC(=O)c2ccc(Cl)cc2)ccc(Br)c1Cl. The zero-order valence-electron chi connectivity index (χ0n) is 16.3. The number of nitrogens with one attached hydrogen (secondary N) is 3. The summed E-state index contributed by atoms with van der Waals surface area (Å²) in [5.74, 6) is -2.41. The van der Waals surface area contributed by atoms with Crippen LogP contribution in [0, 0.1) is 6.92 Å². The van der Waals surface area contributed by atoms with Gasteiger partial charge in [0.15, 0.2) is 6.61 Å². The van der Waals surface area contributed by atoms with Crippen molar-refractivity contribution >= 4 is 68.5 Å². The van der Waals surface area contributed by atoms with E-state index in [2.05, 4.69) is 32.1 Å². The van der Waals surface area contributed by atoms with Crippen LogP contribution in [0.1, 0.15) is 28.8 Å². The van der Waals surface area contributed by atoms with Crippen LogP contribution in [0.3, 0.4) is 0 Å². The molecular weight excluding hydrogens is 513 g/mol. The lowest BCUT2D eigenvalue weighted by Crippen LogP contribution is -2.41. The summed E-state index contributed by atoms with van der Waals surface area (Å²) < 4.78 is 5.55. The normalized spacial score (nSPS) is 10.2. The van der Waals surface area contributed by atoms with Gasteiger partial charge in [-0.15, -0.1) is 0 Å². The molecule has 0 saturated heterocycles. The fourth-order valence-corrected chi connectivity index (χ4v) is 2.99. The molecule has 8 nitrogen and oxygen atoms in total. The Morgan fingerprint density at radius 1 is 0.935 bits per heavy atom. The standard InChI is InChI=1S/C20H18BrCl2N3O5/c1-11-15(7-6-14(21)19(11)23)24-17(28)10-31-18(29)9-8-16(27)25-26-20(30)12-2-4-13(22)5-3-12/h2-7H,8-10H2,1H3,(H,24,28)(H,25,27)(H,26,30). The summed E-state index contributed by atoms with van der Waals surface area (Å²) in [4.78, 5) is 47.3. The highest BCUT2D eigenvalue weighted by molar-refractivity contribution is 9.10. The number of hydrogen-bond donors (Lipinski definition) is 3. The maximum atomic E-state index is 12.0. The fourth-order valence-electron chi connectivity index (χ4n) is 2.27.